The molecule has 0 aliphatic carbocycles. The average Bonchev–Trinajstić information content (AvgIpc) is 2.15. The maximum Gasteiger partial charge on any atom is 0.0929 e. The lowest BCUT2D eigenvalue weighted by molar-refractivity contribution is 0.175. The van der Waals surface area contributed by atoms with Crippen molar-refractivity contribution in [2.75, 3.05) is 13.1 Å². The number of aromatic nitrogens is 1. The zero-order valence-corrected chi connectivity index (χ0v) is 7.20. The van der Waals surface area contributed by atoms with Gasteiger partial charge in [0.15, 0.2) is 0 Å². The molecule has 1 rings (SSSR count). The molecule has 2 N–H and O–H groups in total. The molecule has 0 unspecified atom stereocenters. The largest absolute Gasteiger partial charge is 0.387 e. The standard InChI is InChI=1S/C9H14N2O/c1-2-10-7-9(12)8-4-3-5-11-6-8/h3-6,9-10,12H,2,7H2,1H3/t9-/m1/s1. The van der Waals surface area contributed by atoms with Crippen molar-refractivity contribution in [1.29, 1.82) is 0 Å². The summed E-state index contributed by atoms with van der Waals surface area (Å²) in [6.45, 7) is 3.47. The highest BCUT2D eigenvalue weighted by molar-refractivity contribution is 5.11. The molecule has 66 valence electrons. The van der Waals surface area contributed by atoms with Crippen molar-refractivity contribution in [3.63, 3.8) is 0 Å². The van der Waals surface area contributed by atoms with Gasteiger partial charge in [0.1, 0.15) is 0 Å². The summed E-state index contributed by atoms with van der Waals surface area (Å²) in [5, 5.41) is 12.6. The molecule has 0 radical (unpaired) electrons. The Morgan fingerprint density at radius 2 is 2.50 bits per heavy atom. The van der Waals surface area contributed by atoms with Crippen molar-refractivity contribution < 1.29 is 5.11 Å². The first-order valence-electron chi connectivity index (χ1n) is 4.13. The summed E-state index contributed by atoms with van der Waals surface area (Å²) in [5.41, 5.74) is 0.860. The van der Waals surface area contributed by atoms with E-state index in [1.165, 1.54) is 0 Å². The van der Waals surface area contributed by atoms with E-state index in [-0.39, 0.29) is 0 Å². The smallest absolute Gasteiger partial charge is 0.0929 e. The predicted octanol–water partition coefficient (Wildman–Crippen LogP) is 0.725. The van der Waals surface area contributed by atoms with Crippen molar-refractivity contribution >= 4 is 0 Å². The third-order valence-corrected chi connectivity index (χ3v) is 1.66. The van der Waals surface area contributed by atoms with Gasteiger partial charge in [-0.05, 0) is 12.6 Å². The van der Waals surface area contributed by atoms with Crippen molar-refractivity contribution in [2.24, 2.45) is 0 Å². The second-order valence-corrected chi connectivity index (χ2v) is 2.61. The van der Waals surface area contributed by atoms with Crippen LogP contribution in [0.25, 0.3) is 0 Å². The van der Waals surface area contributed by atoms with Crippen molar-refractivity contribution in [2.45, 2.75) is 13.0 Å². The topological polar surface area (TPSA) is 45.1 Å². The van der Waals surface area contributed by atoms with Gasteiger partial charge >= 0.3 is 0 Å². The SMILES string of the molecule is CCNC[C@@H](O)c1cccnc1. The first kappa shape index (κ1) is 9.16. The number of aliphatic hydroxyl groups excluding tert-OH is 1. The predicted molar refractivity (Wildman–Crippen MR) is 47.7 cm³/mol. The Labute approximate surface area is 72.5 Å². The summed E-state index contributed by atoms with van der Waals surface area (Å²) in [4.78, 5) is 3.93. The molecular weight excluding hydrogens is 152 g/mol. The molecule has 0 saturated heterocycles. The second kappa shape index (κ2) is 4.85. The number of likely N-dealkylation sites (N-methyl/N-ethyl adjacent to an activating group) is 1. The van der Waals surface area contributed by atoms with Crippen LogP contribution in [0, 0.1) is 0 Å². The van der Waals surface area contributed by atoms with Crippen molar-refractivity contribution in [3.05, 3.63) is 30.1 Å². The molecule has 0 amide bonds. The van der Waals surface area contributed by atoms with Gasteiger partial charge in [0, 0.05) is 24.5 Å². The Bertz CT molecular complexity index is 213. The molecule has 3 heteroatoms. The minimum Gasteiger partial charge on any atom is -0.387 e. The normalized spacial score (nSPS) is 12.8. The van der Waals surface area contributed by atoms with Gasteiger partial charge in [-0.3, -0.25) is 4.98 Å². The number of rotatable bonds is 4. The molecule has 0 aliphatic rings. The molecule has 0 aliphatic heterocycles. The third kappa shape index (κ3) is 2.60. The highest BCUT2D eigenvalue weighted by atomic mass is 16.3. The van der Waals surface area contributed by atoms with Crippen LogP contribution in [0.5, 0.6) is 0 Å². The molecule has 1 atom stereocenters. The minimum atomic E-state index is -0.446. The Morgan fingerprint density at radius 1 is 1.67 bits per heavy atom. The van der Waals surface area contributed by atoms with Crippen LogP contribution < -0.4 is 5.32 Å². The zero-order valence-electron chi connectivity index (χ0n) is 7.20. The fourth-order valence-electron chi connectivity index (χ4n) is 0.972. The van der Waals surface area contributed by atoms with Gasteiger partial charge in [0.05, 0.1) is 6.10 Å². The van der Waals surface area contributed by atoms with Crippen LogP contribution in [0.3, 0.4) is 0 Å². The zero-order chi connectivity index (χ0) is 8.81. The molecule has 1 heterocycles. The Balaban J connectivity index is 2.48. The monoisotopic (exact) mass is 166 g/mol. The van der Waals surface area contributed by atoms with Crippen LogP contribution in [0.1, 0.15) is 18.6 Å². The molecule has 0 aromatic carbocycles. The highest BCUT2D eigenvalue weighted by Gasteiger charge is 2.04. The number of nitrogens with zero attached hydrogens (tertiary/aromatic N) is 1. The number of pyridine rings is 1. The van der Waals surface area contributed by atoms with Gasteiger partial charge in [0.25, 0.3) is 0 Å². The quantitative estimate of drug-likeness (QED) is 0.693. The second-order valence-electron chi connectivity index (χ2n) is 2.61. The summed E-state index contributed by atoms with van der Waals surface area (Å²) >= 11 is 0. The van der Waals surface area contributed by atoms with E-state index in [0.29, 0.717) is 6.54 Å². The lowest BCUT2D eigenvalue weighted by Crippen LogP contribution is -2.20. The Kier molecular flexibility index (Phi) is 3.70. The first-order chi connectivity index (χ1) is 5.84. The molecule has 3 nitrogen and oxygen atoms in total. The molecule has 1 aromatic heterocycles. The lowest BCUT2D eigenvalue weighted by Gasteiger charge is -2.09. The summed E-state index contributed by atoms with van der Waals surface area (Å²) < 4.78 is 0. The first-order valence-corrected chi connectivity index (χ1v) is 4.13. The fraction of sp³-hybridized carbons (Fsp3) is 0.444. The summed E-state index contributed by atoms with van der Waals surface area (Å²) in [5.74, 6) is 0. The van der Waals surface area contributed by atoms with Crippen molar-refractivity contribution in [1.82, 2.24) is 10.3 Å². The van der Waals surface area contributed by atoms with Gasteiger partial charge < -0.3 is 10.4 Å². The number of nitrogens with one attached hydrogen (secondary N) is 1. The Morgan fingerprint density at radius 3 is 3.08 bits per heavy atom. The van der Waals surface area contributed by atoms with E-state index in [1.807, 2.05) is 19.1 Å². The number of hydrogen-bond acceptors (Lipinski definition) is 3. The van der Waals surface area contributed by atoms with Gasteiger partial charge in [-0.1, -0.05) is 13.0 Å². The van der Waals surface area contributed by atoms with Crippen LogP contribution in [0.4, 0.5) is 0 Å². The van der Waals surface area contributed by atoms with E-state index in [0.717, 1.165) is 12.1 Å². The van der Waals surface area contributed by atoms with Gasteiger partial charge in [-0.2, -0.15) is 0 Å². The van der Waals surface area contributed by atoms with E-state index in [4.69, 9.17) is 0 Å². The van der Waals surface area contributed by atoms with Crippen LogP contribution in [-0.4, -0.2) is 23.2 Å². The minimum absolute atomic E-state index is 0.446. The molecule has 0 bridgehead atoms. The maximum atomic E-state index is 9.55. The third-order valence-electron chi connectivity index (χ3n) is 1.66. The number of hydrogen-bond donors (Lipinski definition) is 2. The summed E-state index contributed by atoms with van der Waals surface area (Å²) in [6.07, 6.45) is 2.93. The van der Waals surface area contributed by atoms with Gasteiger partial charge in [-0.15, -0.1) is 0 Å². The van der Waals surface area contributed by atoms with E-state index < -0.39 is 6.10 Å². The van der Waals surface area contributed by atoms with Crippen LogP contribution >= 0.6 is 0 Å². The average molecular weight is 166 g/mol. The summed E-state index contributed by atoms with van der Waals surface area (Å²) in [6, 6.07) is 3.69. The Hall–Kier alpha value is -0.930. The van der Waals surface area contributed by atoms with E-state index in [2.05, 4.69) is 10.3 Å². The lowest BCUT2D eigenvalue weighted by atomic mass is 10.2. The van der Waals surface area contributed by atoms with Crippen LogP contribution in [0.2, 0.25) is 0 Å². The molecule has 0 spiro atoms. The number of aliphatic hydroxyl groups is 1. The van der Waals surface area contributed by atoms with E-state index in [9.17, 15) is 5.11 Å². The highest BCUT2D eigenvalue weighted by Crippen LogP contribution is 2.08. The van der Waals surface area contributed by atoms with E-state index >= 15 is 0 Å². The molecule has 1 aromatic rings. The maximum absolute atomic E-state index is 9.55. The van der Waals surface area contributed by atoms with Crippen LogP contribution in [0.15, 0.2) is 24.5 Å². The van der Waals surface area contributed by atoms with E-state index in [1.54, 1.807) is 12.4 Å². The van der Waals surface area contributed by atoms with Gasteiger partial charge in [0.2, 0.25) is 0 Å². The fourth-order valence-corrected chi connectivity index (χ4v) is 0.972. The molecular formula is C9H14N2O. The van der Waals surface area contributed by atoms with Gasteiger partial charge in [-0.25, -0.2) is 0 Å². The van der Waals surface area contributed by atoms with Crippen LogP contribution in [-0.2, 0) is 0 Å². The van der Waals surface area contributed by atoms with Crippen molar-refractivity contribution in [3.8, 4) is 0 Å². The summed E-state index contributed by atoms with van der Waals surface area (Å²) in [7, 11) is 0. The molecule has 0 fully saturated rings. The molecule has 12 heavy (non-hydrogen) atoms. The molecule has 0 saturated carbocycles.